The lowest BCUT2D eigenvalue weighted by molar-refractivity contribution is 0.0160. The first kappa shape index (κ1) is 15.8. The highest BCUT2D eigenvalue weighted by molar-refractivity contribution is 5.68. The second kappa shape index (κ2) is 6.79. The summed E-state index contributed by atoms with van der Waals surface area (Å²) in [6, 6.07) is 0.0944. The lowest BCUT2D eigenvalue weighted by atomic mass is 9.92. The van der Waals surface area contributed by atoms with Crippen LogP contribution in [0.15, 0.2) is 0 Å². The van der Waals surface area contributed by atoms with Crippen LogP contribution in [0.1, 0.15) is 53.4 Å². The van der Waals surface area contributed by atoms with Crippen LogP contribution in [0.3, 0.4) is 0 Å². The van der Waals surface area contributed by atoms with Crippen molar-refractivity contribution in [1.29, 1.82) is 0 Å². The Morgan fingerprint density at radius 3 is 2.79 bits per heavy atom. The molecule has 1 aliphatic rings. The summed E-state index contributed by atoms with van der Waals surface area (Å²) in [7, 11) is 0. The SMILES string of the molecule is [C-]#[N+]C(C)CCC1CCCN(C(=O)OC(C)(C)C)C1. The molecule has 2 atom stereocenters. The van der Waals surface area contributed by atoms with E-state index in [2.05, 4.69) is 4.85 Å². The van der Waals surface area contributed by atoms with Crippen molar-refractivity contribution < 1.29 is 9.53 Å². The number of carbonyl (C=O) groups excluding carboxylic acids is 1. The van der Waals surface area contributed by atoms with Crippen LogP contribution in [0.5, 0.6) is 0 Å². The second-order valence-electron chi connectivity index (χ2n) is 6.49. The summed E-state index contributed by atoms with van der Waals surface area (Å²) >= 11 is 0. The Morgan fingerprint density at radius 2 is 2.21 bits per heavy atom. The quantitative estimate of drug-likeness (QED) is 0.729. The molecule has 1 rings (SSSR count). The number of hydrogen-bond donors (Lipinski definition) is 0. The number of ether oxygens (including phenoxy) is 1. The Kier molecular flexibility index (Phi) is 5.65. The zero-order chi connectivity index (χ0) is 14.5. The second-order valence-corrected chi connectivity index (χ2v) is 6.49. The van der Waals surface area contributed by atoms with E-state index in [0.717, 1.165) is 38.8 Å². The Morgan fingerprint density at radius 1 is 1.53 bits per heavy atom. The highest BCUT2D eigenvalue weighted by Crippen LogP contribution is 2.23. The van der Waals surface area contributed by atoms with Crippen molar-refractivity contribution in [3.05, 3.63) is 11.4 Å². The minimum absolute atomic E-state index is 0.0944. The van der Waals surface area contributed by atoms with Gasteiger partial charge >= 0.3 is 6.09 Å². The van der Waals surface area contributed by atoms with E-state index < -0.39 is 5.60 Å². The van der Waals surface area contributed by atoms with Gasteiger partial charge in [0.2, 0.25) is 6.04 Å². The molecule has 0 aromatic rings. The van der Waals surface area contributed by atoms with Gasteiger partial charge in [0.05, 0.1) is 0 Å². The smallest absolute Gasteiger partial charge is 0.410 e. The van der Waals surface area contributed by atoms with Crippen LogP contribution in [-0.4, -0.2) is 35.7 Å². The van der Waals surface area contributed by atoms with Gasteiger partial charge in [-0.25, -0.2) is 11.4 Å². The van der Waals surface area contributed by atoms with Crippen LogP contribution in [0.2, 0.25) is 0 Å². The number of carbonyl (C=O) groups is 1. The summed E-state index contributed by atoms with van der Waals surface area (Å²) in [5, 5.41) is 0. The van der Waals surface area contributed by atoms with E-state index in [0.29, 0.717) is 5.92 Å². The summed E-state index contributed by atoms with van der Waals surface area (Å²) in [5.41, 5.74) is -0.428. The highest BCUT2D eigenvalue weighted by Gasteiger charge is 2.27. The fraction of sp³-hybridized carbons (Fsp3) is 0.867. The fourth-order valence-electron chi connectivity index (χ4n) is 2.33. The van der Waals surface area contributed by atoms with Crippen molar-refractivity contribution in [2.45, 2.75) is 65.0 Å². The maximum atomic E-state index is 12.0. The van der Waals surface area contributed by atoms with E-state index in [1.165, 1.54) is 0 Å². The van der Waals surface area contributed by atoms with Gasteiger partial charge in [-0.05, 0) is 46.0 Å². The van der Waals surface area contributed by atoms with Gasteiger partial charge in [0, 0.05) is 26.4 Å². The van der Waals surface area contributed by atoms with Crippen LogP contribution < -0.4 is 0 Å². The minimum Gasteiger partial charge on any atom is -0.444 e. The summed E-state index contributed by atoms with van der Waals surface area (Å²) in [6.07, 6.45) is 3.95. The van der Waals surface area contributed by atoms with E-state index in [9.17, 15) is 4.79 Å². The molecule has 4 nitrogen and oxygen atoms in total. The number of nitrogens with zero attached hydrogens (tertiary/aromatic N) is 2. The molecule has 0 aromatic heterocycles. The van der Waals surface area contributed by atoms with Gasteiger partial charge in [0.15, 0.2) is 0 Å². The molecule has 0 aromatic carbocycles. The lowest BCUT2D eigenvalue weighted by Gasteiger charge is -2.34. The van der Waals surface area contributed by atoms with E-state index in [1.54, 1.807) is 0 Å². The molecule has 1 saturated heterocycles. The van der Waals surface area contributed by atoms with Crippen molar-refractivity contribution in [2.75, 3.05) is 13.1 Å². The third kappa shape index (κ3) is 5.96. The molecule has 0 radical (unpaired) electrons. The van der Waals surface area contributed by atoms with Gasteiger partial charge in [-0.1, -0.05) is 0 Å². The molecular formula is C15H26N2O2. The standard InChI is InChI=1S/C15H26N2O2/c1-12(16-5)8-9-13-7-6-10-17(11-13)14(18)19-15(2,3)4/h12-13H,6-11H2,1-4H3. The molecule has 1 fully saturated rings. The van der Waals surface area contributed by atoms with Gasteiger partial charge in [-0.2, -0.15) is 0 Å². The normalized spacial score (nSPS) is 21.6. The highest BCUT2D eigenvalue weighted by atomic mass is 16.6. The fourth-order valence-corrected chi connectivity index (χ4v) is 2.33. The lowest BCUT2D eigenvalue weighted by Crippen LogP contribution is -2.42. The van der Waals surface area contributed by atoms with Gasteiger partial charge in [0.25, 0.3) is 0 Å². The monoisotopic (exact) mass is 266 g/mol. The number of piperidine rings is 1. The molecule has 0 spiro atoms. The molecular weight excluding hydrogens is 240 g/mol. The largest absolute Gasteiger partial charge is 0.444 e. The molecule has 19 heavy (non-hydrogen) atoms. The molecule has 0 bridgehead atoms. The molecule has 0 saturated carbocycles. The van der Waals surface area contributed by atoms with Crippen LogP contribution in [-0.2, 0) is 4.74 Å². The van der Waals surface area contributed by atoms with E-state index >= 15 is 0 Å². The van der Waals surface area contributed by atoms with Crippen LogP contribution in [0, 0.1) is 12.5 Å². The molecule has 1 aliphatic heterocycles. The van der Waals surface area contributed by atoms with E-state index in [-0.39, 0.29) is 12.1 Å². The predicted octanol–water partition coefficient (Wildman–Crippen LogP) is 3.72. The van der Waals surface area contributed by atoms with E-state index in [4.69, 9.17) is 11.3 Å². The summed E-state index contributed by atoms with van der Waals surface area (Å²) in [4.78, 5) is 17.4. The number of rotatable bonds is 3. The van der Waals surface area contributed by atoms with Crippen LogP contribution in [0.4, 0.5) is 4.79 Å². The third-order valence-corrected chi connectivity index (χ3v) is 3.38. The van der Waals surface area contributed by atoms with Crippen molar-refractivity contribution in [1.82, 2.24) is 4.90 Å². The van der Waals surface area contributed by atoms with Crippen LogP contribution >= 0.6 is 0 Å². The first-order chi connectivity index (χ1) is 8.81. The van der Waals surface area contributed by atoms with E-state index in [1.807, 2.05) is 32.6 Å². The van der Waals surface area contributed by atoms with Crippen molar-refractivity contribution >= 4 is 6.09 Å². The molecule has 1 amide bonds. The summed E-state index contributed by atoms with van der Waals surface area (Å²) in [5.74, 6) is 0.519. The molecule has 4 heteroatoms. The Labute approximate surface area is 116 Å². The summed E-state index contributed by atoms with van der Waals surface area (Å²) in [6.45, 7) is 16.2. The molecule has 0 N–H and O–H groups in total. The minimum atomic E-state index is -0.428. The zero-order valence-corrected chi connectivity index (χ0v) is 12.6. The average molecular weight is 266 g/mol. The van der Waals surface area contributed by atoms with Gasteiger partial charge in [0.1, 0.15) is 5.60 Å². The number of hydrogen-bond acceptors (Lipinski definition) is 2. The maximum Gasteiger partial charge on any atom is 0.410 e. The molecule has 2 unspecified atom stereocenters. The van der Waals surface area contributed by atoms with Crippen molar-refractivity contribution in [3.8, 4) is 0 Å². The number of likely N-dealkylation sites (tertiary alicyclic amines) is 1. The molecule has 1 heterocycles. The van der Waals surface area contributed by atoms with Gasteiger partial charge in [-0.3, -0.25) is 0 Å². The van der Waals surface area contributed by atoms with Crippen molar-refractivity contribution in [3.63, 3.8) is 0 Å². The Bertz CT molecular complexity index is 341. The maximum absolute atomic E-state index is 12.0. The van der Waals surface area contributed by atoms with Crippen molar-refractivity contribution in [2.24, 2.45) is 5.92 Å². The Balaban J connectivity index is 2.42. The topological polar surface area (TPSA) is 33.9 Å². The molecule has 108 valence electrons. The third-order valence-electron chi connectivity index (χ3n) is 3.38. The average Bonchev–Trinajstić information content (AvgIpc) is 2.34. The predicted molar refractivity (Wildman–Crippen MR) is 75.8 cm³/mol. The van der Waals surface area contributed by atoms with Gasteiger partial charge in [-0.15, -0.1) is 0 Å². The number of amides is 1. The first-order valence-electron chi connectivity index (χ1n) is 7.16. The van der Waals surface area contributed by atoms with Gasteiger partial charge < -0.3 is 14.5 Å². The Hall–Kier alpha value is -1.24. The summed E-state index contributed by atoms with van der Waals surface area (Å²) < 4.78 is 5.41. The van der Waals surface area contributed by atoms with Crippen LogP contribution in [0.25, 0.3) is 4.85 Å². The first-order valence-corrected chi connectivity index (χ1v) is 7.16. The zero-order valence-electron chi connectivity index (χ0n) is 12.6. The molecule has 0 aliphatic carbocycles.